The van der Waals surface area contributed by atoms with Crippen LogP contribution in [-0.4, -0.2) is 14.5 Å². The van der Waals surface area contributed by atoms with Gasteiger partial charge in [-0.2, -0.15) is 0 Å². The summed E-state index contributed by atoms with van der Waals surface area (Å²) < 4.78 is 2.02. The van der Waals surface area contributed by atoms with Gasteiger partial charge in [0.15, 0.2) is 0 Å². The molecule has 3 rings (SSSR count). The molecule has 0 aliphatic carbocycles. The monoisotopic (exact) mass is 287 g/mol. The van der Waals surface area contributed by atoms with E-state index in [0.717, 1.165) is 34.0 Å². The number of hydrogen-bond acceptors (Lipinski definition) is 2. The molecule has 0 bridgehead atoms. The van der Waals surface area contributed by atoms with Gasteiger partial charge < -0.3 is 15.6 Å². The van der Waals surface area contributed by atoms with Crippen molar-refractivity contribution < 1.29 is 0 Å². The highest BCUT2D eigenvalue weighted by molar-refractivity contribution is 7.80. The highest BCUT2D eigenvalue weighted by Crippen LogP contribution is 2.30. The van der Waals surface area contributed by atoms with Crippen LogP contribution in [0.1, 0.15) is 11.3 Å². The van der Waals surface area contributed by atoms with Crippen molar-refractivity contribution in [2.45, 2.75) is 6.42 Å². The molecule has 2 heterocycles. The first-order valence-electron chi connectivity index (χ1n) is 5.95. The molecule has 19 heavy (non-hydrogen) atoms. The smallest absolute Gasteiger partial charge is 0.120 e. The topological polar surface area (TPSA) is 43.0 Å². The predicted octanol–water partition coefficient (Wildman–Crippen LogP) is 2.62. The number of nitrogens with one attached hydrogen (secondary N) is 1. The summed E-state index contributed by atoms with van der Waals surface area (Å²) in [5.41, 5.74) is 11.2. The maximum Gasteiger partial charge on any atom is 0.120 e. The zero-order chi connectivity index (χ0) is 13.6. The molecule has 0 atom stereocenters. The third-order valence-corrected chi connectivity index (χ3v) is 3.86. The Balaban J connectivity index is 2.07. The third kappa shape index (κ3) is 2.05. The van der Waals surface area contributed by atoms with E-state index >= 15 is 0 Å². The second kappa shape index (κ2) is 4.43. The van der Waals surface area contributed by atoms with E-state index < -0.39 is 0 Å². The van der Waals surface area contributed by atoms with E-state index in [4.69, 9.17) is 30.2 Å². The molecular formula is C14H13N3S2. The van der Waals surface area contributed by atoms with E-state index in [-0.39, 0.29) is 0 Å². The lowest BCUT2D eigenvalue weighted by molar-refractivity contribution is 0.925. The molecule has 1 aliphatic rings. The largest absolute Gasteiger partial charge is 0.388 e. The maximum absolute atomic E-state index is 5.70. The summed E-state index contributed by atoms with van der Waals surface area (Å²) in [5.74, 6) is 0. The van der Waals surface area contributed by atoms with Crippen molar-refractivity contribution in [2.75, 3.05) is 5.32 Å². The highest BCUT2D eigenvalue weighted by atomic mass is 32.1. The van der Waals surface area contributed by atoms with Crippen LogP contribution in [0, 0.1) is 0 Å². The van der Waals surface area contributed by atoms with Crippen LogP contribution in [0.25, 0.3) is 11.3 Å². The number of hydrogen-bond donors (Lipinski definition) is 2. The molecule has 96 valence electrons. The molecule has 2 aromatic rings. The van der Waals surface area contributed by atoms with Gasteiger partial charge >= 0.3 is 0 Å². The van der Waals surface area contributed by atoms with Gasteiger partial charge in [-0.05, 0) is 35.4 Å². The summed E-state index contributed by atoms with van der Waals surface area (Å²) in [6, 6.07) is 10.3. The van der Waals surface area contributed by atoms with E-state index in [1.807, 2.05) is 23.7 Å². The van der Waals surface area contributed by atoms with Gasteiger partial charge in [0, 0.05) is 24.8 Å². The summed E-state index contributed by atoms with van der Waals surface area (Å²) in [5, 5.41) is 3.20. The van der Waals surface area contributed by atoms with Crippen LogP contribution in [0.15, 0.2) is 30.3 Å². The minimum absolute atomic E-state index is 0.415. The Morgan fingerprint density at radius 1 is 1.32 bits per heavy atom. The summed E-state index contributed by atoms with van der Waals surface area (Å²) >= 11 is 10.2. The molecule has 0 spiro atoms. The molecule has 5 heteroatoms. The van der Waals surface area contributed by atoms with Crippen molar-refractivity contribution in [3.63, 3.8) is 0 Å². The fraction of sp³-hybridized carbons (Fsp3) is 0.143. The van der Waals surface area contributed by atoms with Crippen LogP contribution in [0.4, 0.5) is 5.69 Å². The normalized spacial score (nSPS) is 13.2. The standard InChI is InChI=1S/C14H13N3S2/c1-17-11(4-5-12(17)14(15)19)8-2-3-10-9(6-8)7-13(18)16-10/h2-6H,7H2,1H3,(H2,15,19)(H,16,18). The van der Waals surface area contributed by atoms with E-state index in [2.05, 4.69) is 23.5 Å². The quantitative estimate of drug-likeness (QED) is 0.833. The van der Waals surface area contributed by atoms with Gasteiger partial charge in [-0.1, -0.05) is 30.5 Å². The van der Waals surface area contributed by atoms with E-state index in [0.29, 0.717) is 4.99 Å². The first kappa shape index (κ1) is 12.3. The molecule has 3 nitrogen and oxygen atoms in total. The van der Waals surface area contributed by atoms with Gasteiger partial charge in [-0.3, -0.25) is 0 Å². The number of thiocarbonyl (C=S) groups is 2. The summed E-state index contributed by atoms with van der Waals surface area (Å²) in [6.45, 7) is 0. The molecule has 0 fully saturated rings. The number of anilines is 1. The Morgan fingerprint density at radius 3 is 2.79 bits per heavy atom. The minimum Gasteiger partial charge on any atom is -0.388 e. The molecule has 3 N–H and O–H groups in total. The molecule has 0 radical (unpaired) electrons. The van der Waals surface area contributed by atoms with Crippen molar-refractivity contribution in [3.8, 4) is 11.3 Å². The molecule has 0 amide bonds. The lowest BCUT2D eigenvalue weighted by Crippen LogP contribution is -2.14. The first-order valence-corrected chi connectivity index (χ1v) is 6.76. The number of aromatic nitrogens is 1. The lowest BCUT2D eigenvalue weighted by Gasteiger charge is -2.08. The summed E-state index contributed by atoms with van der Waals surface area (Å²) in [6.07, 6.45) is 0.811. The van der Waals surface area contributed by atoms with Gasteiger partial charge in [0.1, 0.15) is 4.99 Å². The average molecular weight is 287 g/mol. The fourth-order valence-electron chi connectivity index (χ4n) is 2.44. The molecule has 1 aromatic carbocycles. The highest BCUT2D eigenvalue weighted by Gasteiger charge is 2.16. The Morgan fingerprint density at radius 2 is 2.11 bits per heavy atom. The van der Waals surface area contributed by atoms with Gasteiger partial charge in [-0.25, -0.2) is 0 Å². The van der Waals surface area contributed by atoms with Crippen LogP contribution in [0.3, 0.4) is 0 Å². The van der Waals surface area contributed by atoms with Crippen molar-refractivity contribution in [3.05, 3.63) is 41.6 Å². The van der Waals surface area contributed by atoms with E-state index in [1.165, 1.54) is 5.56 Å². The molecule has 0 saturated carbocycles. The van der Waals surface area contributed by atoms with Gasteiger partial charge in [-0.15, -0.1) is 0 Å². The van der Waals surface area contributed by atoms with Crippen LogP contribution >= 0.6 is 24.4 Å². The maximum atomic E-state index is 5.70. The molecule has 0 saturated heterocycles. The van der Waals surface area contributed by atoms with Crippen LogP contribution in [0.2, 0.25) is 0 Å². The van der Waals surface area contributed by atoms with Crippen LogP contribution in [-0.2, 0) is 13.5 Å². The predicted molar refractivity (Wildman–Crippen MR) is 86.7 cm³/mol. The number of nitrogens with two attached hydrogens (primary N) is 1. The third-order valence-electron chi connectivity index (χ3n) is 3.40. The van der Waals surface area contributed by atoms with E-state index in [1.54, 1.807) is 0 Å². The number of benzene rings is 1. The Labute approximate surface area is 122 Å². The van der Waals surface area contributed by atoms with Crippen molar-refractivity contribution in [2.24, 2.45) is 12.8 Å². The second-order valence-electron chi connectivity index (χ2n) is 4.62. The van der Waals surface area contributed by atoms with Crippen molar-refractivity contribution in [1.82, 2.24) is 4.57 Å². The van der Waals surface area contributed by atoms with Crippen LogP contribution < -0.4 is 11.1 Å². The zero-order valence-corrected chi connectivity index (χ0v) is 12.1. The summed E-state index contributed by atoms with van der Waals surface area (Å²) in [7, 11) is 1.97. The molecule has 1 aromatic heterocycles. The number of nitrogens with zero attached hydrogens (tertiary/aromatic N) is 1. The molecule has 0 unspecified atom stereocenters. The van der Waals surface area contributed by atoms with Gasteiger partial charge in [0.25, 0.3) is 0 Å². The Bertz CT molecular complexity index is 701. The SMILES string of the molecule is Cn1c(C(N)=S)ccc1-c1ccc2c(c1)CC(=S)N2. The second-order valence-corrected chi connectivity index (χ2v) is 5.56. The number of fused-ring (bicyclic) bond motifs is 1. The summed E-state index contributed by atoms with van der Waals surface area (Å²) in [4.78, 5) is 1.29. The zero-order valence-electron chi connectivity index (χ0n) is 10.4. The molecule has 1 aliphatic heterocycles. The van der Waals surface area contributed by atoms with E-state index in [9.17, 15) is 0 Å². The first-order chi connectivity index (χ1) is 9.06. The average Bonchev–Trinajstić information content (AvgIpc) is 2.89. The van der Waals surface area contributed by atoms with Crippen LogP contribution in [0.5, 0.6) is 0 Å². The molecular weight excluding hydrogens is 274 g/mol. The van der Waals surface area contributed by atoms with Gasteiger partial charge in [0.05, 0.1) is 10.7 Å². The minimum atomic E-state index is 0.415. The Kier molecular flexibility index (Phi) is 2.88. The van der Waals surface area contributed by atoms with Crippen molar-refractivity contribution >= 4 is 40.1 Å². The van der Waals surface area contributed by atoms with Crippen molar-refractivity contribution in [1.29, 1.82) is 0 Å². The Hall–Kier alpha value is -1.72. The number of rotatable bonds is 2. The van der Waals surface area contributed by atoms with Gasteiger partial charge in [0.2, 0.25) is 0 Å². The lowest BCUT2D eigenvalue weighted by atomic mass is 10.1. The fourth-order valence-corrected chi connectivity index (χ4v) is 2.91.